The molecule has 2 N–H and O–H groups in total. The summed E-state index contributed by atoms with van der Waals surface area (Å²) in [5.41, 5.74) is 1.64. The van der Waals surface area contributed by atoms with E-state index in [1.54, 1.807) is 0 Å². The van der Waals surface area contributed by atoms with Crippen LogP contribution in [0.3, 0.4) is 0 Å². The van der Waals surface area contributed by atoms with E-state index >= 15 is 0 Å². The lowest BCUT2D eigenvalue weighted by Gasteiger charge is -2.16. The molecule has 2 fully saturated rings. The second kappa shape index (κ2) is 8.34. The van der Waals surface area contributed by atoms with E-state index in [-0.39, 0.29) is 11.9 Å². The van der Waals surface area contributed by atoms with Gasteiger partial charge in [-0.3, -0.25) is 4.79 Å². The van der Waals surface area contributed by atoms with Crippen LogP contribution in [0, 0.1) is 0 Å². The number of carbonyl (C=O) groups is 2. The van der Waals surface area contributed by atoms with Crippen molar-refractivity contribution < 1.29 is 9.59 Å². The predicted molar refractivity (Wildman–Crippen MR) is 97.5 cm³/mol. The number of rotatable bonds is 7. The lowest BCUT2D eigenvalue weighted by molar-refractivity contribution is 0.0792. The molecule has 0 unspecified atom stereocenters. The number of urea groups is 1. The Bertz CT molecular complexity index is 609. The average molecular weight is 344 g/mol. The molecule has 6 heteroatoms. The molecule has 3 rings (SSSR count). The first-order chi connectivity index (χ1) is 12.1. The minimum Gasteiger partial charge on any atom is -0.339 e. The van der Waals surface area contributed by atoms with E-state index in [4.69, 9.17) is 0 Å². The smallest absolute Gasteiger partial charge is 0.315 e. The summed E-state index contributed by atoms with van der Waals surface area (Å²) in [6, 6.07) is 8.08. The van der Waals surface area contributed by atoms with Crippen molar-refractivity contribution in [3.05, 3.63) is 35.4 Å². The van der Waals surface area contributed by atoms with Gasteiger partial charge >= 0.3 is 6.03 Å². The molecule has 0 atom stereocenters. The molecular weight excluding hydrogens is 316 g/mol. The maximum atomic E-state index is 12.4. The van der Waals surface area contributed by atoms with Crippen LogP contribution in [-0.2, 0) is 6.54 Å². The third-order valence-corrected chi connectivity index (χ3v) is 4.94. The number of nitrogens with one attached hydrogen (secondary N) is 2. The summed E-state index contributed by atoms with van der Waals surface area (Å²) in [7, 11) is 2.10. The van der Waals surface area contributed by atoms with Gasteiger partial charge in [0.15, 0.2) is 0 Å². The first-order valence-corrected chi connectivity index (χ1v) is 9.23. The predicted octanol–water partition coefficient (Wildman–Crippen LogP) is 1.82. The maximum absolute atomic E-state index is 12.4. The highest BCUT2D eigenvalue weighted by Gasteiger charge is 2.25. The zero-order valence-corrected chi connectivity index (χ0v) is 15.0. The van der Waals surface area contributed by atoms with Crippen LogP contribution < -0.4 is 10.6 Å². The second-order valence-electron chi connectivity index (χ2n) is 7.02. The van der Waals surface area contributed by atoms with Crippen LogP contribution in [0.25, 0.3) is 0 Å². The average Bonchev–Trinajstić information content (AvgIpc) is 3.34. The van der Waals surface area contributed by atoms with Crippen LogP contribution in [0.15, 0.2) is 24.3 Å². The van der Waals surface area contributed by atoms with Crippen molar-refractivity contribution in [1.82, 2.24) is 20.4 Å². The van der Waals surface area contributed by atoms with Gasteiger partial charge in [0.25, 0.3) is 5.91 Å². The fourth-order valence-electron chi connectivity index (χ4n) is 3.21. The summed E-state index contributed by atoms with van der Waals surface area (Å²) in [6.07, 6.45) is 4.72. The van der Waals surface area contributed by atoms with Gasteiger partial charge in [0.2, 0.25) is 0 Å². The number of hydrogen-bond acceptors (Lipinski definition) is 3. The molecule has 1 saturated heterocycles. The summed E-state index contributed by atoms with van der Waals surface area (Å²) >= 11 is 0. The summed E-state index contributed by atoms with van der Waals surface area (Å²) < 4.78 is 0. The van der Waals surface area contributed by atoms with Crippen LogP contribution in [0.4, 0.5) is 4.79 Å². The molecule has 0 aromatic heterocycles. The van der Waals surface area contributed by atoms with Gasteiger partial charge in [-0.2, -0.15) is 0 Å². The molecule has 3 amide bonds. The SMILES string of the molecule is CN(CCNC(=O)NCc1cccc(C(=O)N2CCCC2)c1)C1CC1. The largest absolute Gasteiger partial charge is 0.339 e. The first-order valence-electron chi connectivity index (χ1n) is 9.23. The zero-order chi connectivity index (χ0) is 17.6. The number of likely N-dealkylation sites (tertiary alicyclic amines) is 1. The van der Waals surface area contributed by atoms with E-state index in [1.807, 2.05) is 29.2 Å². The van der Waals surface area contributed by atoms with Crippen LogP contribution in [0.2, 0.25) is 0 Å². The topological polar surface area (TPSA) is 64.7 Å². The molecular formula is C19H28N4O2. The van der Waals surface area contributed by atoms with Gasteiger partial charge in [-0.15, -0.1) is 0 Å². The molecule has 136 valence electrons. The lowest BCUT2D eigenvalue weighted by Crippen LogP contribution is -2.39. The van der Waals surface area contributed by atoms with Gasteiger partial charge in [0.05, 0.1) is 0 Å². The first kappa shape index (κ1) is 17.7. The number of hydrogen-bond donors (Lipinski definition) is 2. The Hall–Kier alpha value is -2.08. The molecule has 1 heterocycles. The highest BCUT2D eigenvalue weighted by atomic mass is 16.2. The summed E-state index contributed by atoms with van der Waals surface area (Å²) in [4.78, 5) is 28.5. The number of carbonyl (C=O) groups excluding carboxylic acids is 2. The van der Waals surface area contributed by atoms with E-state index < -0.39 is 0 Å². The van der Waals surface area contributed by atoms with E-state index in [0.29, 0.717) is 24.7 Å². The minimum atomic E-state index is -0.166. The maximum Gasteiger partial charge on any atom is 0.315 e. The second-order valence-corrected chi connectivity index (χ2v) is 7.02. The molecule has 1 aromatic carbocycles. The molecule has 0 bridgehead atoms. The van der Waals surface area contributed by atoms with Gasteiger partial charge in [0.1, 0.15) is 0 Å². The Morgan fingerprint density at radius 3 is 2.68 bits per heavy atom. The van der Waals surface area contributed by atoms with Gasteiger partial charge in [-0.1, -0.05) is 12.1 Å². The Morgan fingerprint density at radius 1 is 1.20 bits per heavy atom. The lowest BCUT2D eigenvalue weighted by atomic mass is 10.1. The number of benzene rings is 1. The van der Waals surface area contributed by atoms with Crippen LogP contribution in [-0.4, -0.2) is 61.0 Å². The quantitative estimate of drug-likeness (QED) is 0.793. The Morgan fingerprint density at radius 2 is 1.96 bits per heavy atom. The van der Waals surface area contributed by atoms with Crippen LogP contribution in [0.1, 0.15) is 41.6 Å². The van der Waals surface area contributed by atoms with Crippen LogP contribution >= 0.6 is 0 Å². The van der Waals surface area contributed by atoms with Gasteiger partial charge in [0, 0.05) is 44.3 Å². The Balaban J connectivity index is 1.42. The normalized spacial score (nSPS) is 17.0. The van der Waals surface area contributed by atoms with E-state index in [9.17, 15) is 9.59 Å². The zero-order valence-electron chi connectivity index (χ0n) is 15.0. The highest BCUT2D eigenvalue weighted by Crippen LogP contribution is 2.24. The van der Waals surface area contributed by atoms with Crippen molar-refractivity contribution in [3.63, 3.8) is 0 Å². The van der Waals surface area contributed by atoms with Crippen molar-refractivity contribution in [3.8, 4) is 0 Å². The van der Waals surface area contributed by atoms with Crippen molar-refractivity contribution in [2.75, 3.05) is 33.2 Å². The standard InChI is InChI=1S/C19H28N4O2/c1-22(17-7-8-17)12-9-20-19(25)21-14-15-5-4-6-16(13-15)18(24)23-10-2-3-11-23/h4-6,13,17H,2-3,7-12,14H2,1H3,(H2,20,21,25). The van der Waals surface area contributed by atoms with Crippen molar-refractivity contribution in [2.24, 2.45) is 0 Å². The Kier molecular flexibility index (Phi) is 5.91. The summed E-state index contributed by atoms with van der Waals surface area (Å²) in [5, 5.41) is 5.74. The van der Waals surface area contributed by atoms with Gasteiger partial charge in [-0.05, 0) is 50.4 Å². The molecule has 1 aliphatic carbocycles. The molecule has 0 spiro atoms. The fraction of sp³-hybridized carbons (Fsp3) is 0.579. The Labute approximate surface area is 149 Å². The molecule has 25 heavy (non-hydrogen) atoms. The van der Waals surface area contributed by atoms with E-state index in [0.717, 1.165) is 38.0 Å². The highest BCUT2D eigenvalue weighted by molar-refractivity contribution is 5.94. The van der Waals surface area contributed by atoms with E-state index in [2.05, 4.69) is 22.6 Å². The third-order valence-electron chi connectivity index (χ3n) is 4.94. The summed E-state index contributed by atoms with van der Waals surface area (Å²) in [6.45, 7) is 3.63. The molecule has 0 radical (unpaired) electrons. The molecule has 1 saturated carbocycles. The molecule has 1 aromatic rings. The molecule has 6 nitrogen and oxygen atoms in total. The summed E-state index contributed by atoms with van der Waals surface area (Å²) in [5.74, 6) is 0.0897. The number of amides is 3. The number of likely N-dealkylation sites (N-methyl/N-ethyl adjacent to an activating group) is 1. The van der Waals surface area contributed by atoms with Gasteiger partial charge < -0.3 is 20.4 Å². The van der Waals surface area contributed by atoms with Crippen molar-refractivity contribution in [1.29, 1.82) is 0 Å². The monoisotopic (exact) mass is 344 g/mol. The van der Waals surface area contributed by atoms with Gasteiger partial charge in [-0.25, -0.2) is 4.79 Å². The van der Waals surface area contributed by atoms with E-state index in [1.165, 1.54) is 12.8 Å². The third kappa shape index (κ3) is 5.19. The van der Waals surface area contributed by atoms with Crippen molar-refractivity contribution in [2.45, 2.75) is 38.3 Å². The fourth-order valence-corrected chi connectivity index (χ4v) is 3.21. The molecule has 2 aliphatic rings. The number of nitrogens with zero attached hydrogens (tertiary/aromatic N) is 2. The molecule has 1 aliphatic heterocycles. The van der Waals surface area contributed by atoms with Crippen LogP contribution in [0.5, 0.6) is 0 Å². The minimum absolute atomic E-state index is 0.0897. The van der Waals surface area contributed by atoms with Crippen molar-refractivity contribution >= 4 is 11.9 Å².